The number of hydrogen-bond donors (Lipinski definition) is 1. The molecule has 1 N–H and O–H groups in total. The lowest BCUT2D eigenvalue weighted by molar-refractivity contribution is 0.582. The highest BCUT2D eigenvalue weighted by molar-refractivity contribution is 5.58. The second-order valence-electron chi connectivity index (χ2n) is 5.73. The van der Waals surface area contributed by atoms with Crippen LogP contribution < -0.4 is 5.32 Å². The summed E-state index contributed by atoms with van der Waals surface area (Å²) in [7, 11) is 0. The van der Waals surface area contributed by atoms with E-state index in [0.717, 1.165) is 29.9 Å². The first-order valence-corrected chi connectivity index (χ1v) is 8.19. The van der Waals surface area contributed by atoms with Gasteiger partial charge in [-0.15, -0.1) is 0 Å². The number of rotatable bonds is 6. The fourth-order valence-corrected chi connectivity index (χ4v) is 2.71. The van der Waals surface area contributed by atoms with Crippen molar-refractivity contribution in [3.05, 3.63) is 53.7 Å². The van der Waals surface area contributed by atoms with E-state index in [1.54, 1.807) is 18.6 Å². The minimum Gasteiger partial charge on any atom is -0.350 e. The zero-order chi connectivity index (χ0) is 16.9. The molecule has 0 saturated heterocycles. The van der Waals surface area contributed by atoms with E-state index >= 15 is 0 Å². The zero-order valence-electron chi connectivity index (χ0n) is 14.3. The molecular formula is C18H22N6. The van der Waals surface area contributed by atoms with Gasteiger partial charge in [0.25, 0.3) is 0 Å². The smallest absolute Gasteiger partial charge is 0.223 e. The largest absolute Gasteiger partial charge is 0.350 e. The van der Waals surface area contributed by atoms with Gasteiger partial charge < -0.3 is 5.32 Å². The molecule has 24 heavy (non-hydrogen) atoms. The normalized spacial score (nSPS) is 10.8. The third kappa shape index (κ3) is 3.42. The van der Waals surface area contributed by atoms with E-state index in [1.807, 2.05) is 25.1 Å². The Morgan fingerprint density at radius 1 is 1.17 bits per heavy atom. The van der Waals surface area contributed by atoms with Crippen LogP contribution >= 0.6 is 0 Å². The van der Waals surface area contributed by atoms with E-state index in [9.17, 15) is 0 Å². The molecule has 0 aliphatic carbocycles. The summed E-state index contributed by atoms with van der Waals surface area (Å²) >= 11 is 0. The number of anilines is 1. The van der Waals surface area contributed by atoms with Crippen molar-refractivity contribution in [3.63, 3.8) is 0 Å². The van der Waals surface area contributed by atoms with E-state index in [1.165, 1.54) is 11.3 Å². The van der Waals surface area contributed by atoms with E-state index in [2.05, 4.69) is 43.9 Å². The van der Waals surface area contributed by atoms with E-state index in [-0.39, 0.29) is 0 Å². The summed E-state index contributed by atoms with van der Waals surface area (Å²) in [6.07, 6.45) is 6.39. The van der Waals surface area contributed by atoms with Gasteiger partial charge in [0.2, 0.25) is 5.95 Å². The van der Waals surface area contributed by atoms with Gasteiger partial charge in [0.1, 0.15) is 0 Å². The molecule has 124 valence electrons. The van der Waals surface area contributed by atoms with E-state index in [0.29, 0.717) is 12.5 Å². The van der Waals surface area contributed by atoms with Crippen LogP contribution in [0.1, 0.15) is 30.3 Å². The highest BCUT2D eigenvalue weighted by Gasteiger charge is 2.11. The summed E-state index contributed by atoms with van der Waals surface area (Å²) in [5.41, 5.74) is 5.29. The van der Waals surface area contributed by atoms with Crippen molar-refractivity contribution in [3.8, 4) is 11.3 Å². The fraction of sp³-hybridized carbons (Fsp3) is 0.333. The SMILES string of the molecule is CCCn1nc(C)c(CNc2nccc(-c3cccnc3)n2)c1C. The van der Waals surface area contributed by atoms with Crippen LogP contribution in [0.5, 0.6) is 0 Å². The maximum atomic E-state index is 4.60. The lowest BCUT2D eigenvalue weighted by Gasteiger charge is -2.07. The average molecular weight is 322 g/mol. The molecule has 3 aromatic rings. The molecule has 0 spiro atoms. The average Bonchev–Trinajstić information content (AvgIpc) is 2.88. The first-order chi connectivity index (χ1) is 11.7. The van der Waals surface area contributed by atoms with Crippen molar-refractivity contribution < 1.29 is 0 Å². The van der Waals surface area contributed by atoms with Crippen molar-refractivity contribution in [2.75, 3.05) is 5.32 Å². The second kappa shape index (κ2) is 7.21. The maximum absolute atomic E-state index is 4.60. The lowest BCUT2D eigenvalue weighted by atomic mass is 10.2. The van der Waals surface area contributed by atoms with Gasteiger partial charge >= 0.3 is 0 Å². The van der Waals surface area contributed by atoms with Crippen molar-refractivity contribution in [2.24, 2.45) is 0 Å². The number of nitrogens with zero attached hydrogens (tertiary/aromatic N) is 5. The minimum atomic E-state index is 0.610. The van der Waals surface area contributed by atoms with Crippen LogP contribution in [0.3, 0.4) is 0 Å². The molecule has 3 rings (SSSR count). The predicted octanol–water partition coefficient (Wildman–Crippen LogP) is 3.37. The Labute approximate surface area is 142 Å². The van der Waals surface area contributed by atoms with Gasteiger partial charge in [0.05, 0.1) is 11.4 Å². The summed E-state index contributed by atoms with van der Waals surface area (Å²) < 4.78 is 2.07. The van der Waals surface area contributed by atoms with Crippen LogP contribution in [0, 0.1) is 13.8 Å². The Kier molecular flexibility index (Phi) is 4.84. The third-order valence-corrected chi connectivity index (χ3v) is 4.00. The summed E-state index contributed by atoms with van der Waals surface area (Å²) in [6, 6.07) is 5.78. The van der Waals surface area contributed by atoms with Gasteiger partial charge in [-0.05, 0) is 38.5 Å². The third-order valence-electron chi connectivity index (χ3n) is 4.00. The number of nitrogens with one attached hydrogen (secondary N) is 1. The monoisotopic (exact) mass is 322 g/mol. The van der Waals surface area contributed by atoms with Crippen LogP contribution in [0.2, 0.25) is 0 Å². The van der Waals surface area contributed by atoms with Crippen molar-refractivity contribution in [2.45, 2.75) is 40.3 Å². The summed E-state index contributed by atoms with van der Waals surface area (Å²) in [5.74, 6) is 0.610. The molecule has 0 aromatic carbocycles. The molecule has 0 saturated carbocycles. The molecule has 0 fully saturated rings. The highest BCUT2D eigenvalue weighted by atomic mass is 15.3. The van der Waals surface area contributed by atoms with Gasteiger partial charge in [0.15, 0.2) is 0 Å². The standard InChI is InChI=1S/C18H22N6/c1-4-10-24-14(3)16(13(2)23-24)12-21-18-20-9-7-17(22-18)15-6-5-8-19-11-15/h5-9,11H,4,10,12H2,1-3H3,(H,20,21,22). The lowest BCUT2D eigenvalue weighted by Crippen LogP contribution is -2.06. The van der Waals surface area contributed by atoms with Gasteiger partial charge in [-0.25, -0.2) is 9.97 Å². The van der Waals surface area contributed by atoms with Crippen molar-refractivity contribution in [1.29, 1.82) is 0 Å². The van der Waals surface area contributed by atoms with Crippen molar-refractivity contribution >= 4 is 5.95 Å². The van der Waals surface area contributed by atoms with Crippen LogP contribution in [-0.4, -0.2) is 24.7 Å². The Balaban J connectivity index is 1.76. The summed E-state index contributed by atoms with van der Waals surface area (Å²) in [5, 5.41) is 7.92. The van der Waals surface area contributed by atoms with Gasteiger partial charge in [-0.1, -0.05) is 6.92 Å². The maximum Gasteiger partial charge on any atom is 0.223 e. The molecule has 3 aromatic heterocycles. The van der Waals surface area contributed by atoms with Crippen LogP contribution in [-0.2, 0) is 13.1 Å². The fourth-order valence-electron chi connectivity index (χ4n) is 2.71. The Morgan fingerprint density at radius 3 is 2.79 bits per heavy atom. The first kappa shape index (κ1) is 16.1. The molecule has 0 atom stereocenters. The number of hydrogen-bond acceptors (Lipinski definition) is 5. The molecule has 0 bridgehead atoms. The van der Waals surface area contributed by atoms with Gasteiger partial charge in [0, 0.05) is 48.5 Å². The zero-order valence-corrected chi connectivity index (χ0v) is 14.3. The quantitative estimate of drug-likeness (QED) is 0.753. The summed E-state index contributed by atoms with van der Waals surface area (Å²) in [6.45, 7) is 7.92. The number of aromatic nitrogens is 5. The molecule has 0 aliphatic heterocycles. The topological polar surface area (TPSA) is 68.5 Å². The van der Waals surface area contributed by atoms with Gasteiger partial charge in [-0.3, -0.25) is 9.67 Å². The predicted molar refractivity (Wildman–Crippen MR) is 94.6 cm³/mol. The Bertz CT molecular complexity index is 810. The number of pyridine rings is 1. The Morgan fingerprint density at radius 2 is 2.04 bits per heavy atom. The summed E-state index contributed by atoms with van der Waals surface area (Å²) in [4.78, 5) is 13.0. The molecule has 0 aliphatic rings. The van der Waals surface area contributed by atoms with Crippen LogP contribution in [0.4, 0.5) is 5.95 Å². The van der Waals surface area contributed by atoms with Crippen molar-refractivity contribution in [1.82, 2.24) is 24.7 Å². The molecule has 0 radical (unpaired) electrons. The van der Waals surface area contributed by atoms with Crippen LogP contribution in [0.25, 0.3) is 11.3 Å². The Hall–Kier alpha value is -2.76. The second-order valence-corrected chi connectivity index (χ2v) is 5.73. The van der Waals surface area contributed by atoms with E-state index < -0.39 is 0 Å². The molecule has 0 unspecified atom stereocenters. The number of aryl methyl sites for hydroxylation is 2. The molecule has 6 nitrogen and oxygen atoms in total. The van der Waals surface area contributed by atoms with E-state index in [4.69, 9.17) is 0 Å². The van der Waals surface area contributed by atoms with Gasteiger partial charge in [-0.2, -0.15) is 5.10 Å². The molecule has 6 heteroatoms. The molecule has 3 heterocycles. The molecule has 0 amide bonds. The van der Waals surface area contributed by atoms with Crippen LogP contribution in [0.15, 0.2) is 36.8 Å². The highest BCUT2D eigenvalue weighted by Crippen LogP contribution is 2.18. The molecular weight excluding hydrogens is 300 g/mol. The minimum absolute atomic E-state index is 0.610. The first-order valence-electron chi connectivity index (χ1n) is 8.19.